The van der Waals surface area contributed by atoms with Crippen LogP contribution in [0.4, 0.5) is 0 Å². The van der Waals surface area contributed by atoms with E-state index in [4.69, 9.17) is 0 Å². The Bertz CT molecular complexity index is 1090. The number of hydrogen-bond donors (Lipinski definition) is 0. The summed E-state index contributed by atoms with van der Waals surface area (Å²) in [7, 11) is -3.93. The number of allylic oxidation sites excluding steroid dienone is 4. The summed E-state index contributed by atoms with van der Waals surface area (Å²) in [6.07, 6.45) is 3.13. The molecule has 0 radical (unpaired) electrons. The molecule has 0 N–H and O–H groups in total. The van der Waals surface area contributed by atoms with Crippen LogP contribution in [-0.4, -0.2) is 25.7 Å². The Kier molecular flexibility index (Phi) is 5.28. The highest BCUT2D eigenvalue weighted by molar-refractivity contribution is 7.90. The highest BCUT2D eigenvalue weighted by atomic mass is 32.2. The summed E-state index contributed by atoms with van der Waals surface area (Å²) in [5, 5.41) is 0. The van der Waals surface area contributed by atoms with Crippen LogP contribution in [0.1, 0.15) is 19.4 Å². The normalized spacial score (nSPS) is 16.9. The minimum absolute atomic E-state index is 0.0700. The molecule has 0 aromatic heterocycles. The maximum atomic E-state index is 12.7. The average molecular weight is 378 g/mol. The lowest BCUT2D eigenvalue weighted by Gasteiger charge is -2.11. The smallest absolute Gasteiger partial charge is 0.284 e. The zero-order valence-electron chi connectivity index (χ0n) is 15.0. The van der Waals surface area contributed by atoms with Crippen molar-refractivity contribution in [2.75, 3.05) is 0 Å². The maximum absolute atomic E-state index is 12.7. The number of amidine groups is 1. The van der Waals surface area contributed by atoms with E-state index in [-0.39, 0.29) is 16.5 Å². The quantitative estimate of drug-likeness (QED) is 0.464. The molecule has 0 heterocycles. The zero-order chi connectivity index (χ0) is 19.4. The summed E-state index contributed by atoms with van der Waals surface area (Å²) >= 11 is 0. The molecule has 5 nitrogen and oxygen atoms in total. The molecule has 3 rings (SSSR count). The zero-order valence-corrected chi connectivity index (χ0v) is 15.8. The fourth-order valence-electron chi connectivity index (χ4n) is 2.49. The largest absolute Gasteiger partial charge is 0.290 e. The number of carbonyl (C=O) groups is 1. The number of rotatable bonds is 3. The first-order valence-electron chi connectivity index (χ1n) is 8.32. The second-order valence-electron chi connectivity index (χ2n) is 6.09. The van der Waals surface area contributed by atoms with Crippen molar-refractivity contribution in [2.45, 2.75) is 18.7 Å². The van der Waals surface area contributed by atoms with E-state index in [0.717, 1.165) is 0 Å². The van der Waals surface area contributed by atoms with Gasteiger partial charge in [0.15, 0.2) is 11.6 Å². The van der Waals surface area contributed by atoms with Crippen LogP contribution >= 0.6 is 0 Å². The molecule has 136 valence electrons. The molecule has 0 spiro atoms. The van der Waals surface area contributed by atoms with Gasteiger partial charge in [0.2, 0.25) is 0 Å². The van der Waals surface area contributed by atoms with Crippen molar-refractivity contribution in [3.63, 3.8) is 0 Å². The van der Waals surface area contributed by atoms with Gasteiger partial charge in [0.05, 0.1) is 10.6 Å². The van der Waals surface area contributed by atoms with Gasteiger partial charge in [0.1, 0.15) is 0 Å². The molecular weight excluding hydrogens is 360 g/mol. The van der Waals surface area contributed by atoms with Crippen molar-refractivity contribution in [3.05, 3.63) is 89.5 Å². The first-order chi connectivity index (χ1) is 12.9. The van der Waals surface area contributed by atoms with E-state index in [1.54, 1.807) is 62.4 Å². The van der Waals surface area contributed by atoms with Gasteiger partial charge in [-0.05, 0) is 49.3 Å². The van der Waals surface area contributed by atoms with Gasteiger partial charge >= 0.3 is 0 Å². The van der Waals surface area contributed by atoms with Crippen molar-refractivity contribution in [1.82, 2.24) is 0 Å². The molecule has 0 atom stereocenters. The van der Waals surface area contributed by atoms with Crippen LogP contribution in [0.5, 0.6) is 0 Å². The van der Waals surface area contributed by atoms with E-state index in [0.29, 0.717) is 22.4 Å². The highest BCUT2D eigenvalue weighted by Gasteiger charge is 2.17. The Labute approximate surface area is 158 Å². The molecule has 0 saturated heterocycles. The standard InChI is InChI=1S/C21H18N2O3S/c1-15-14-20(24)16(2)13-19(15)22-21(17-9-5-3-6-10-17)23-27(25,26)18-11-7-4-8-12-18/h3-14H,1-2H3/b22-19?,23-21-. The summed E-state index contributed by atoms with van der Waals surface area (Å²) in [6, 6.07) is 16.9. The number of aliphatic imine (C=N–C) groups is 1. The van der Waals surface area contributed by atoms with E-state index in [1.165, 1.54) is 18.2 Å². The van der Waals surface area contributed by atoms with Crippen LogP contribution in [0.15, 0.2) is 98.2 Å². The molecule has 0 bridgehead atoms. The third-order valence-electron chi connectivity index (χ3n) is 4.00. The second kappa shape index (κ2) is 7.63. The van der Waals surface area contributed by atoms with E-state index in [1.807, 2.05) is 6.07 Å². The van der Waals surface area contributed by atoms with Gasteiger partial charge in [0.25, 0.3) is 10.0 Å². The maximum Gasteiger partial charge on any atom is 0.284 e. The monoisotopic (exact) mass is 378 g/mol. The Morgan fingerprint density at radius 1 is 0.815 bits per heavy atom. The van der Waals surface area contributed by atoms with Gasteiger partial charge in [-0.25, -0.2) is 4.99 Å². The molecule has 0 fully saturated rings. The molecular formula is C21H18N2O3S. The van der Waals surface area contributed by atoms with Crippen molar-refractivity contribution < 1.29 is 13.2 Å². The Morgan fingerprint density at radius 3 is 2.04 bits per heavy atom. The van der Waals surface area contributed by atoms with Crippen LogP contribution in [0, 0.1) is 0 Å². The molecule has 2 aromatic carbocycles. The Balaban J connectivity index is 2.16. The van der Waals surface area contributed by atoms with Crippen molar-refractivity contribution in [2.24, 2.45) is 9.39 Å². The van der Waals surface area contributed by atoms with Gasteiger partial charge in [-0.2, -0.15) is 8.42 Å². The van der Waals surface area contributed by atoms with Crippen LogP contribution in [0.2, 0.25) is 0 Å². The van der Waals surface area contributed by atoms with E-state index in [9.17, 15) is 13.2 Å². The molecule has 0 aliphatic heterocycles. The molecule has 0 amide bonds. The third kappa shape index (κ3) is 4.35. The van der Waals surface area contributed by atoms with Gasteiger partial charge in [-0.15, -0.1) is 4.40 Å². The summed E-state index contributed by atoms with van der Waals surface area (Å²) < 4.78 is 29.4. The third-order valence-corrected chi connectivity index (χ3v) is 5.28. The van der Waals surface area contributed by atoms with Gasteiger partial charge in [-0.3, -0.25) is 4.79 Å². The van der Waals surface area contributed by atoms with Gasteiger partial charge in [0, 0.05) is 5.56 Å². The summed E-state index contributed by atoms with van der Waals surface area (Å²) in [5.41, 5.74) is 2.28. The molecule has 1 aliphatic carbocycles. The predicted molar refractivity (Wildman–Crippen MR) is 107 cm³/mol. The molecule has 27 heavy (non-hydrogen) atoms. The Morgan fingerprint density at radius 2 is 1.41 bits per heavy atom. The number of benzene rings is 2. The molecule has 6 heteroatoms. The lowest BCUT2D eigenvalue weighted by Crippen LogP contribution is -2.13. The molecule has 0 saturated carbocycles. The van der Waals surface area contributed by atoms with Crippen molar-refractivity contribution in [1.29, 1.82) is 0 Å². The fraction of sp³-hybridized carbons (Fsp3) is 0.0952. The lowest BCUT2D eigenvalue weighted by atomic mass is 9.98. The number of ketones is 1. The summed E-state index contributed by atoms with van der Waals surface area (Å²) in [5.74, 6) is -0.0119. The lowest BCUT2D eigenvalue weighted by molar-refractivity contribution is -0.111. The van der Waals surface area contributed by atoms with E-state index >= 15 is 0 Å². The topological polar surface area (TPSA) is 75.9 Å². The van der Waals surface area contributed by atoms with Gasteiger partial charge in [-0.1, -0.05) is 48.5 Å². The highest BCUT2D eigenvalue weighted by Crippen LogP contribution is 2.17. The number of nitrogens with zero attached hydrogens (tertiary/aromatic N) is 2. The van der Waals surface area contributed by atoms with E-state index < -0.39 is 10.0 Å². The summed E-state index contributed by atoms with van der Waals surface area (Å²) in [6.45, 7) is 3.45. The molecule has 1 aliphatic rings. The number of hydrogen-bond acceptors (Lipinski definition) is 3. The average Bonchev–Trinajstić information content (AvgIpc) is 2.67. The van der Waals surface area contributed by atoms with Crippen LogP contribution < -0.4 is 0 Å². The van der Waals surface area contributed by atoms with Crippen LogP contribution in [-0.2, 0) is 14.8 Å². The minimum atomic E-state index is -3.93. The first-order valence-corrected chi connectivity index (χ1v) is 9.76. The number of sulfonamides is 1. The van der Waals surface area contributed by atoms with Crippen LogP contribution in [0.3, 0.4) is 0 Å². The molecule has 2 aromatic rings. The van der Waals surface area contributed by atoms with Gasteiger partial charge < -0.3 is 0 Å². The van der Waals surface area contributed by atoms with E-state index in [2.05, 4.69) is 9.39 Å². The SMILES string of the molecule is CC1=CC(=N/C(=N\S(=O)(=O)c2ccccc2)c2ccccc2)C(C)=CC1=O. The fourth-order valence-corrected chi connectivity index (χ4v) is 3.47. The van der Waals surface area contributed by atoms with Crippen molar-refractivity contribution >= 4 is 27.4 Å². The minimum Gasteiger partial charge on any atom is -0.290 e. The second-order valence-corrected chi connectivity index (χ2v) is 7.69. The summed E-state index contributed by atoms with van der Waals surface area (Å²) in [4.78, 5) is 16.4. The van der Waals surface area contributed by atoms with Crippen LogP contribution in [0.25, 0.3) is 0 Å². The predicted octanol–water partition coefficient (Wildman–Crippen LogP) is 3.74. The number of carbonyl (C=O) groups excluding carboxylic acids is 1. The first kappa shape index (κ1) is 18.7. The van der Waals surface area contributed by atoms with Crippen molar-refractivity contribution in [3.8, 4) is 0 Å². The molecule has 0 unspecified atom stereocenters. The Hall–Kier alpha value is -3.12.